The van der Waals surface area contributed by atoms with E-state index < -0.39 is 0 Å². The van der Waals surface area contributed by atoms with Crippen LogP contribution in [0.3, 0.4) is 0 Å². The van der Waals surface area contributed by atoms with Gasteiger partial charge in [-0.1, -0.05) is 34.2 Å². The van der Waals surface area contributed by atoms with Crippen molar-refractivity contribution in [3.63, 3.8) is 0 Å². The minimum atomic E-state index is 0.752. The molecule has 0 amide bonds. The second kappa shape index (κ2) is 4.57. The minimum absolute atomic E-state index is 0.752. The highest BCUT2D eigenvalue weighted by molar-refractivity contribution is 9.09. The van der Waals surface area contributed by atoms with E-state index in [0.29, 0.717) is 0 Å². The molecule has 0 aromatic carbocycles. The molecule has 0 N–H and O–H groups in total. The summed E-state index contributed by atoms with van der Waals surface area (Å²) in [6.45, 7) is 4.55. The maximum Gasteiger partial charge on any atom is 0.208 e. The van der Waals surface area contributed by atoms with E-state index in [2.05, 4.69) is 38.0 Å². The summed E-state index contributed by atoms with van der Waals surface area (Å²) in [5.41, 5.74) is 1.80. The third-order valence-electron chi connectivity index (χ3n) is 2.58. The normalized spacial score (nSPS) is 28.0. The van der Waals surface area contributed by atoms with Crippen LogP contribution in [0.2, 0.25) is 0 Å². The van der Waals surface area contributed by atoms with Gasteiger partial charge in [-0.05, 0) is 18.3 Å². The lowest BCUT2D eigenvalue weighted by Crippen LogP contribution is -2.40. The van der Waals surface area contributed by atoms with Crippen molar-refractivity contribution < 1.29 is 0 Å². The molecule has 3 nitrogen and oxygen atoms in total. The molecule has 1 saturated heterocycles. The SMILES string of the molecule is CC1CC(CBr)CN(c2nncs2)C1. The van der Waals surface area contributed by atoms with Gasteiger partial charge in [-0.25, -0.2) is 0 Å². The van der Waals surface area contributed by atoms with Gasteiger partial charge in [0.15, 0.2) is 0 Å². The van der Waals surface area contributed by atoms with Crippen molar-refractivity contribution in [2.75, 3.05) is 23.3 Å². The lowest BCUT2D eigenvalue weighted by molar-refractivity contribution is 0.362. The Bertz CT molecular complexity index is 278. The molecule has 2 rings (SSSR count). The van der Waals surface area contributed by atoms with Gasteiger partial charge in [-0.3, -0.25) is 0 Å². The minimum Gasteiger partial charge on any atom is -0.346 e. The molecule has 14 heavy (non-hydrogen) atoms. The standard InChI is InChI=1S/C9H14BrN3S/c1-7-2-8(3-10)5-13(4-7)9-12-11-6-14-9/h6-8H,2-5H2,1H3. The molecule has 0 radical (unpaired) electrons. The Hall–Kier alpha value is -0.160. The van der Waals surface area contributed by atoms with Crippen molar-refractivity contribution in [1.82, 2.24) is 10.2 Å². The molecule has 1 aliphatic heterocycles. The molecule has 2 atom stereocenters. The largest absolute Gasteiger partial charge is 0.346 e. The van der Waals surface area contributed by atoms with E-state index in [4.69, 9.17) is 0 Å². The Balaban J connectivity index is 2.05. The average molecular weight is 276 g/mol. The maximum atomic E-state index is 4.12. The van der Waals surface area contributed by atoms with Crippen LogP contribution < -0.4 is 4.90 Å². The quantitative estimate of drug-likeness (QED) is 0.777. The summed E-state index contributed by atoms with van der Waals surface area (Å²) in [5, 5.41) is 10.2. The predicted octanol–water partition coefficient (Wildman–Crippen LogP) is 2.40. The van der Waals surface area contributed by atoms with Crippen LogP contribution >= 0.6 is 27.3 Å². The van der Waals surface area contributed by atoms with Crippen LogP contribution in [0.4, 0.5) is 5.13 Å². The number of nitrogens with zero attached hydrogens (tertiary/aromatic N) is 3. The molecule has 2 heterocycles. The Morgan fingerprint density at radius 3 is 3.14 bits per heavy atom. The molecule has 0 bridgehead atoms. The number of hydrogen-bond donors (Lipinski definition) is 0. The van der Waals surface area contributed by atoms with E-state index in [1.807, 2.05) is 0 Å². The van der Waals surface area contributed by atoms with E-state index in [9.17, 15) is 0 Å². The van der Waals surface area contributed by atoms with Crippen LogP contribution in [0.1, 0.15) is 13.3 Å². The molecular weight excluding hydrogens is 262 g/mol. The fraction of sp³-hybridized carbons (Fsp3) is 0.778. The van der Waals surface area contributed by atoms with Gasteiger partial charge in [0.05, 0.1) is 0 Å². The van der Waals surface area contributed by atoms with Crippen LogP contribution in [-0.2, 0) is 0 Å². The van der Waals surface area contributed by atoms with Gasteiger partial charge in [-0.2, -0.15) is 0 Å². The van der Waals surface area contributed by atoms with E-state index in [1.54, 1.807) is 16.8 Å². The van der Waals surface area contributed by atoms with Gasteiger partial charge >= 0.3 is 0 Å². The average Bonchev–Trinajstić information content (AvgIpc) is 2.69. The third-order valence-corrected chi connectivity index (χ3v) is 4.25. The molecule has 0 spiro atoms. The van der Waals surface area contributed by atoms with E-state index >= 15 is 0 Å². The number of anilines is 1. The highest BCUT2D eigenvalue weighted by atomic mass is 79.9. The zero-order valence-electron chi connectivity index (χ0n) is 8.19. The van der Waals surface area contributed by atoms with E-state index in [1.165, 1.54) is 6.42 Å². The number of hydrogen-bond acceptors (Lipinski definition) is 4. The van der Waals surface area contributed by atoms with Crippen molar-refractivity contribution in [1.29, 1.82) is 0 Å². The Morgan fingerprint density at radius 1 is 1.64 bits per heavy atom. The molecule has 1 aromatic heterocycles. The molecule has 0 aliphatic carbocycles. The Kier molecular flexibility index (Phi) is 3.38. The van der Waals surface area contributed by atoms with E-state index in [-0.39, 0.29) is 0 Å². The lowest BCUT2D eigenvalue weighted by Gasteiger charge is -2.35. The van der Waals surface area contributed by atoms with E-state index in [0.717, 1.165) is 35.4 Å². The summed E-state index contributed by atoms with van der Waals surface area (Å²) in [6.07, 6.45) is 1.32. The monoisotopic (exact) mass is 275 g/mol. The van der Waals surface area contributed by atoms with Gasteiger partial charge in [0.25, 0.3) is 0 Å². The van der Waals surface area contributed by atoms with Gasteiger partial charge in [0.1, 0.15) is 5.51 Å². The number of halogens is 1. The van der Waals surface area contributed by atoms with Crippen molar-refractivity contribution in [2.24, 2.45) is 11.8 Å². The predicted molar refractivity (Wildman–Crippen MR) is 63.2 cm³/mol. The second-order valence-electron chi connectivity index (χ2n) is 3.99. The fourth-order valence-corrected chi connectivity index (χ4v) is 3.10. The summed E-state index contributed by atoms with van der Waals surface area (Å²) < 4.78 is 0. The summed E-state index contributed by atoms with van der Waals surface area (Å²) in [6, 6.07) is 0. The topological polar surface area (TPSA) is 29.0 Å². The number of aromatic nitrogens is 2. The second-order valence-corrected chi connectivity index (χ2v) is 5.45. The fourth-order valence-electron chi connectivity index (χ4n) is 2.05. The lowest BCUT2D eigenvalue weighted by atomic mass is 9.92. The maximum absolute atomic E-state index is 4.12. The first kappa shape index (κ1) is 10.4. The molecule has 1 aliphatic rings. The van der Waals surface area contributed by atoms with Crippen molar-refractivity contribution >= 4 is 32.4 Å². The first-order chi connectivity index (χ1) is 6.79. The highest BCUT2D eigenvalue weighted by Crippen LogP contribution is 2.27. The molecule has 1 aromatic rings. The van der Waals surface area contributed by atoms with Gasteiger partial charge in [-0.15, -0.1) is 10.2 Å². The molecule has 2 unspecified atom stereocenters. The van der Waals surface area contributed by atoms with Gasteiger partial charge < -0.3 is 4.90 Å². The summed E-state index contributed by atoms with van der Waals surface area (Å²) >= 11 is 5.20. The van der Waals surface area contributed by atoms with Crippen LogP contribution in [0.25, 0.3) is 0 Å². The Morgan fingerprint density at radius 2 is 2.50 bits per heavy atom. The Labute approximate surface area is 96.7 Å². The third kappa shape index (κ3) is 2.25. The summed E-state index contributed by atoms with van der Waals surface area (Å²) in [4.78, 5) is 2.36. The molecule has 1 fully saturated rings. The van der Waals surface area contributed by atoms with Crippen LogP contribution in [0, 0.1) is 11.8 Å². The number of alkyl halides is 1. The summed E-state index contributed by atoms with van der Waals surface area (Å²) in [7, 11) is 0. The van der Waals surface area contributed by atoms with Crippen LogP contribution in [0.15, 0.2) is 5.51 Å². The first-order valence-electron chi connectivity index (χ1n) is 4.86. The van der Waals surface area contributed by atoms with Crippen LogP contribution in [-0.4, -0.2) is 28.6 Å². The molecule has 5 heteroatoms. The van der Waals surface area contributed by atoms with Crippen LogP contribution in [0.5, 0.6) is 0 Å². The van der Waals surface area contributed by atoms with Crippen molar-refractivity contribution in [3.8, 4) is 0 Å². The van der Waals surface area contributed by atoms with Gasteiger partial charge in [0.2, 0.25) is 5.13 Å². The van der Waals surface area contributed by atoms with Crippen molar-refractivity contribution in [2.45, 2.75) is 13.3 Å². The molecule has 78 valence electrons. The van der Waals surface area contributed by atoms with Gasteiger partial charge in [0, 0.05) is 18.4 Å². The molecular formula is C9H14BrN3S. The smallest absolute Gasteiger partial charge is 0.208 e. The summed E-state index contributed by atoms with van der Waals surface area (Å²) in [5.74, 6) is 1.51. The highest BCUT2D eigenvalue weighted by Gasteiger charge is 2.25. The molecule has 0 saturated carbocycles. The zero-order chi connectivity index (χ0) is 9.97. The zero-order valence-corrected chi connectivity index (χ0v) is 10.6. The number of piperidine rings is 1. The first-order valence-corrected chi connectivity index (χ1v) is 6.86. The number of rotatable bonds is 2. The van der Waals surface area contributed by atoms with Crippen molar-refractivity contribution in [3.05, 3.63) is 5.51 Å².